The highest BCUT2D eigenvalue weighted by molar-refractivity contribution is 6.22. The molecule has 0 aromatic carbocycles. The molecule has 2 saturated carbocycles. The lowest BCUT2D eigenvalue weighted by atomic mass is 9.83. The van der Waals surface area contributed by atoms with Crippen LogP contribution in [0.25, 0.3) is 0 Å². The van der Waals surface area contributed by atoms with E-state index in [0.717, 1.165) is 11.8 Å². The lowest BCUT2D eigenvalue weighted by molar-refractivity contribution is 0.377. The summed E-state index contributed by atoms with van der Waals surface area (Å²) in [5.74, 6) is 1.98. The average Bonchev–Trinajstić information content (AvgIpc) is 2.77. The van der Waals surface area contributed by atoms with Crippen molar-refractivity contribution in [2.45, 2.75) is 37.5 Å². The first-order valence-corrected chi connectivity index (χ1v) is 5.03. The molecule has 0 nitrogen and oxygen atoms in total. The van der Waals surface area contributed by atoms with Gasteiger partial charge in [-0.1, -0.05) is 12.2 Å². The third kappa shape index (κ3) is 1.61. The van der Waals surface area contributed by atoms with E-state index in [2.05, 4.69) is 6.58 Å². The highest BCUT2D eigenvalue weighted by Gasteiger charge is 2.34. The topological polar surface area (TPSA) is 0 Å². The van der Waals surface area contributed by atoms with E-state index < -0.39 is 0 Å². The van der Waals surface area contributed by atoms with E-state index in [4.69, 9.17) is 11.6 Å². The number of allylic oxidation sites excluding steroid dienone is 1. The van der Waals surface area contributed by atoms with E-state index in [1.54, 1.807) is 0 Å². The fourth-order valence-corrected chi connectivity index (χ4v) is 2.32. The van der Waals surface area contributed by atoms with Gasteiger partial charge in [-0.3, -0.25) is 0 Å². The normalized spacial score (nSPS) is 39.2. The maximum absolute atomic E-state index is 6.06. The highest BCUT2D eigenvalue weighted by atomic mass is 35.5. The van der Waals surface area contributed by atoms with Crippen LogP contribution in [0.15, 0.2) is 12.2 Å². The van der Waals surface area contributed by atoms with Crippen LogP contribution in [-0.4, -0.2) is 5.38 Å². The summed E-state index contributed by atoms with van der Waals surface area (Å²) >= 11 is 6.06. The summed E-state index contributed by atoms with van der Waals surface area (Å²) in [7, 11) is 0. The number of alkyl halides is 1. The van der Waals surface area contributed by atoms with E-state index in [0.29, 0.717) is 0 Å². The Morgan fingerprint density at radius 1 is 1.09 bits per heavy atom. The molecule has 11 heavy (non-hydrogen) atoms. The third-order valence-electron chi connectivity index (χ3n) is 3.05. The van der Waals surface area contributed by atoms with Crippen molar-refractivity contribution in [2.24, 2.45) is 11.8 Å². The minimum absolute atomic E-state index is 0.282. The second kappa shape index (κ2) is 2.82. The van der Waals surface area contributed by atoms with Gasteiger partial charge in [-0.05, 0) is 43.9 Å². The largest absolute Gasteiger partial charge is 0.118 e. The molecule has 0 spiro atoms. The summed E-state index contributed by atoms with van der Waals surface area (Å²) in [4.78, 5) is 0. The molecule has 2 aliphatic rings. The van der Waals surface area contributed by atoms with Gasteiger partial charge in [0, 0.05) is 0 Å². The van der Waals surface area contributed by atoms with E-state index in [1.807, 2.05) is 0 Å². The smallest absolute Gasteiger partial charge is 0.0542 e. The van der Waals surface area contributed by atoms with Gasteiger partial charge >= 0.3 is 0 Å². The van der Waals surface area contributed by atoms with Gasteiger partial charge in [-0.2, -0.15) is 0 Å². The molecule has 0 amide bonds. The molecule has 0 radical (unpaired) electrons. The second-order valence-electron chi connectivity index (χ2n) is 4.00. The molecule has 2 atom stereocenters. The predicted octanol–water partition coefficient (Wildman–Crippen LogP) is 3.36. The van der Waals surface area contributed by atoms with Crippen molar-refractivity contribution in [3.8, 4) is 0 Å². The Morgan fingerprint density at radius 2 is 1.73 bits per heavy atom. The van der Waals surface area contributed by atoms with Gasteiger partial charge in [0.25, 0.3) is 0 Å². The Kier molecular flexibility index (Phi) is 1.97. The van der Waals surface area contributed by atoms with Crippen LogP contribution in [0.3, 0.4) is 0 Å². The van der Waals surface area contributed by atoms with Gasteiger partial charge in [0.1, 0.15) is 0 Å². The van der Waals surface area contributed by atoms with Gasteiger partial charge in [-0.25, -0.2) is 0 Å². The minimum Gasteiger partial charge on any atom is -0.118 e. The molecule has 0 bridgehead atoms. The van der Waals surface area contributed by atoms with Crippen molar-refractivity contribution >= 4 is 11.6 Å². The predicted molar refractivity (Wildman–Crippen MR) is 48.8 cm³/mol. The van der Waals surface area contributed by atoms with E-state index in [9.17, 15) is 0 Å². The zero-order valence-electron chi connectivity index (χ0n) is 6.85. The number of hydrogen-bond donors (Lipinski definition) is 0. The zero-order valence-corrected chi connectivity index (χ0v) is 7.61. The van der Waals surface area contributed by atoms with Crippen LogP contribution >= 0.6 is 11.6 Å². The maximum Gasteiger partial charge on any atom is 0.0542 e. The van der Waals surface area contributed by atoms with Crippen molar-refractivity contribution in [1.82, 2.24) is 0 Å². The summed E-state index contributed by atoms with van der Waals surface area (Å²) in [5, 5.41) is 0.282. The van der Waals surface area contributed by atoms with Crippen LogP contribution in [0.4, 0.5) is 0 Å². The monoisotopic (exact) mass is 170 g/mol. The van der Waals surface area contributed by atoms with Crippen molar-refractivity contribution in [2.75, 3.05) is 0 Å². The van der Waals surface area contributed by atoms with Crippen LogP contribution in [0, 0.1) is 11.8 Å². The molecule has 0 saturated heterocycles. The molecule has 0 heterocycles. The molecule has 0 aromatic heterocycles. The van der Waals surface area contributed by atoms with Crippen LogP contribution < -0.4 is 0 Å². The molecule has 1 heteroatoms. The molecular formula is C10H15Cl. The Labute approximate surface area is 73.6 Å². The maximum atomic E-state index is 6.06. The quantitative estimate of drug-likeness (QED) is 0.418. The number of halogens is 1. The number of rotatable bonds is 1. The Morgan fingerprint density at radius 3 is 2.27 bits per heavy atom. The molecule has 2 rings (SSSR count). The fraction of sp³-hybridized carbons (Fsp3) is 0.800. The van der Waals surface area contributed by atoms with Crippen molar-refractivity contribution in [3.63, 3.8) is 0 Å². The zero-order chi connectivity index (χ0) is 7.84. The molecule has 0 aliphatic heterocycles. The molecule has 62 valence electrons. The first-order valence-electron chi connectivity index (χ1n) is 4.59. The fourth-order valence-electron chi connectivity index (χ4n) is 2.10. The van der Waals surface area contributed by atoms with Crippen LogP contribution in [0.2, 0.25) is 0 Å². The SMILES string of the molecule is C=C1CC(C2CC2)CCC1Cl. The van der Waals surface area contributed by atoms with E-state index >= 15 is 0 Å². The lowest BCUT2D eigenvalue weighted by Gasteiger charge is -2.26. The number of hydrogen-bond acceptors (Lipinski definition) is 0. The standard InChI is InChI=1S/C10H15Cl/c1-7-6-9(8-2-3-8)4-5-10(7)11/h8-10H,1-6H2. The summed E-state index contributed by atoms with van der Waals surface area (Å²) < 4.78 is 0. The highest BCUT2D eigenvalue weighted by Crippen LogP contribution is 2.45. The molecule has 0 aromatic rings. The lowest BCUT2D eigenvalue weighted by Crippen LogP contribution is -2.17. The van der Waals surface area contributed by atoms with E-state index in [1.165, 1.54) is 37.7 Å². The first-order chi connectivity index (χ1) is 5.27. The van der Waals surface area contributed by atoms with Gasteiger partial charge in [0.05, 0.1) is 5.38 Å². The third-order valence-corrected chi connectivity index (χ3v) is 3.57. The molecule has 2 unspecified atom stereocenters. The summed E-state index contributed by atoms with van der Waals surface area (Å²) in [6.07, 6.45) is 6.65. The van der Waals surface area contributed by atoms with Crippen LogP contribution in [0.1, 0.15) is 32.1 Å². The van der Waals surface area contributed by atoms with Gasteiger partial charge in [0.2, 0.25) is 0 Å². The van der Waals surface area contributed by atoms with Gasteiger partial charge < -0.3 is 0 Å². The summed E-state index contributed by atoms with van der Waals surface area (Å²) in [6.45, 7) is 4.02. The molecule has 0 N–H and O–H groups in total. The average molecular weight is 171 g/mol. The van der Waals surface area contributed by atoms with Gasteiger partial charge in [-0.15, -0.1) is 11.6 Å². The van der Waals surface area contributed by atoms with Crippen molar-refractivity contribution < 1.29 is 0 Å². The summed E-state index contributed by atoms with van der Waals surface area (Å²) in [6, 6.07) is 0. The molecule has 2 fully saturated rings. The molecule has 2 aliphatic carbocycles. The van der Waals surface area contributed by atoms with Gasteiger partial charge in [0.15, 0.2) is 0 Å². The van der Waals surface area contributed by atoms with Crippen molar-refractivity contribution in [3.05, 3.63) is 12.2 Å². The second-order valence-corrected chi connectivity index (χ2v) is 4.53. The van der Waals surface area contributed by atoms with Crippen LogP contribution in [0.5, 0.6) is 0 Å². The summed E-state index contributed by atoms with van der Waals surface area (Å²) in [5.41, 5.74) is 1.29. The first kappa shape index (κ1) is 7.67. The molecular weight excluding hydrogens is 156 g/mol. The van der Waals surface area contributed by atoms with E-state index in [-0.39, 0.29) is 5.38 Å². The van der Waals surface area contributed by atoms with Crippen LogP contribution in [-0.2, 0) is 0 Å². The van der Waals surface area contributed by atoms with Crippen molar-refractivity contribution in [1.29, 1.82) is 0 Å². The Hall–Kier alpha value is 0.0300. The minimum atomic E-state index is 0.282. The Balaban J connectivity index is 1.91. The Bertz CT molecular complexity index is 170.